The van der Waals surface area contributed by atoms with Crippen LogP contribution in [0.1, 0.15) is 16.7 Å². The molecular weight excluding hydrogens is 334 g/mol. The van der Waals surface area contributed by atoms with E-state index in [2.05, 4.69) is 48.3 Å². The van der Waals surface area contributed by atoms with Crippen LogP contribution in [0.5, 0.6) is 0 Å². The van der Waals surface area contributed by atoms with Crippen molar-refractivity contribution in [2.24, 2.45) is 10.2 Å². The van der Waals surface area contributed by atoms with Crippen LogP contribution in [0.25, 0.3) is 16.9 Å². The molecule has 5 heteroatoms. The first-order valence-electron chi connectivity index (χ1n) is 8.62. The summed E-state index contributed by atoms with van der Waals surface area (Å²) in [5.41, 5.74) is 6.22. The molecule has 0 unspecified atom stereocenters. The van der Waals surface area contributed by atoms with E-state index in [9.17, 15) is 0 Å². The fraction of sp³-hybridized carbons (Fsp3) is 0.0909. The van der Waals surface area contributed by atoms with Crippen LogP contribution in [0.4, 0.5) is 11.5 Å². The molecule has 0 spiro atoms. The number of azo groups is 1. The van der Waals surface area contributed by atoms with Crippen molar-refractivity contribution in [1.29, 1.82) is 5.26 Å². The van der Waals surface area contributed by atoms with Crippen molar-refractivity contribution in [2.45, 2.75) is 13.8 Å². The highest BCUT2D eigenvalue weighted by Crippen LogP contribution is 2.33. The largest absolute Gasteiger partial charge is 0.283 e. The van der Waals surface area contributed by atoms with Crippen LogP contribution in [0, 0.1) is 25.2 Å². The van der Waals surface area contributed by atoms with Crippen LogP contribution < -0.4 is 0 Å². The number of fused-ring (bicyclic) bond motifs is 1. The first kappa shape index (κ1) is 16.7. The summed E-state index contributed by atoms with van der Waals surface area (Å²) >= 11 is 0. The highest BCUT2D eigenvalue weighted by atomic mass is 15.2. The number of rotatable bonds is 3. The first-order chi connectivity index (χ1) is 13.2. The number of hydrogen-bond acceptors (Lipinski definition) is 4. The molecule has 0 fully saturated rings. The lowest BCUT2D eigenvalue weighted by atomic mass is 10.0. The van der Waals surface area contributed by atoms with Crippen molar-refractivity contribution < 1.29 is 0 Å². The van der Waals surface area contributed by atoms with Gasteiger partial charge in [-0.1, -0.05) is 24.3 Å². The number of benzene rings is 2. The lowest BCUT2D eigenvalue weighted by Crippen LogP contribution is -1.84. The molecule has 0 bridgehead atoms. The van der Waals surface area contributed by atoms with Gasteiger partial charge >= 0.3 is 0 Å². The van der Waals surface area contributed by atoms with E-state index in [4.69, 9.17) is 10.2 Å². The summed E-state index contributed by atoms with van der Waals surface area (Å²) in [5.74, 6) is 0.663. The maximum absolute atomic E-state index is 9.06. The molecule has 0 saturated carbocycles. The number of hydrogen-bond donors (Lipinski definition) is 0. The number of pyridine rings is 1. The smallest absolute Gasteiger partial charge is 0.187 e. The van der Waals surface area contributed by atoms with Crippen LogP contribution >= 0.6 is 0 Å². The Morgan fingerprint density at radius 1 is 0.926 bits per heavy atom. The highest BCUT2D eigenvalue weighted by molar-refractivity contribution is 5.75. The molecule has 4 aromatic rings. The number of nitrogens with zero attached hydrogens (tertiary/aromatic N) is 5. The Morgan fingerprint density at radius 2 is 1.81 bits per heavy atom. The van der Waals surface area contributed by atoms with Crippen LogP contribution in [-0.2, 0) is 0 Å². The predicted octanol–water partition coefficient (Wildman–Crippen LogP) is 5.91. The van der Waals surface area contributed by atoms with Gasteiger partial charge in [-0.15, -0.1) is 10.2 Å². The van der Waals surface area contributed by atoms with Gasteiger partial charge in [0.15, 0.2) is 5.82 Å². The second-order valence-electron chi connectivity index (χ2n) is 6.37. The first-order valence-corrected chi connectivity index (χ1v) is 8.62. The van der Waals surface area contributed by atoms with Gasteiger partial charge in [0.05, 0.1) is 17.3 Å². The van der Waals surface area contributed by atoms with E-state index >= 15 is 0 Å². The summed E-state index contributed by atoms with van der Waals surface area (Å²) in [5, 5.41) is 17.9. The summed E-state index contributed by atoms with van der Waals surface area (Å²) in [4.78, 5) is 4.76. The zero-order valence-corrected chi connectivity index (χ0v) is 15.1. The number of aryl methyl sites for hydroxylation is 2. The molecule has 0 N–H and O–H groups in total. The lowest BCUT2D eigenvalue weighted by molar-refractivity contribution is 1.10. The fourth-order valence-electron chi connectivity index (χ4n) is 2.90. The number of imidazole rings is 1. The Hall–Kier alpha value is -3.78. The minimum atomic E-state index is 0.555. The molecule has 0 atom stereocenters. The predicted molar refractivity (Wildman–Crippen MR) is 105 cm³/mol. The Labute approximate surface area is 157 Å². The molecule has 4 rings (SSSR count). The molecule has 0 saturated heterocycles. The minimum Gasteiger partial charge on any atom is -0.283 e. The molecule has 0 aliphatic carbocycles. The highest BCUT2D eigenvalue weighted by Gasteiger charge is 2.14. The van der Waals surface area contributed by atoms with Gasteiger partial charge in [0.2, 0.25) is 0 Å². The van der Waals surface area contributed by atoms with E-state index in [0.717, 1.165) is 16.9 Å². The minimum absolute atomic E-state index is 0.555. The quantitative estimate of drug-likeness (QED) is 0.431. The monoisotopic (exact) mass is 351 g/mol. The Morgan fingerprint density at radius 3 is 2.63 bits per heavy atom. The zero-order chi connectivity index (χ0) is 18.8. The van der Waals surface area contributed by atoms with E-state index in [1.165, 1.54) is 11.1 Å². The van der Waals surface area contributed by atoms with E-state index < -0.39 is 0 Å². The molecule has 0 amide bonds. The Balaban J connectivity index is 1.86. The summed E-state index contributed by atoms with van der Waals surface area (Å²) in [6.45, 7) is 4.18. The van der Waals surface area contributed by atoms with Crippen LogP contribution in [0.15, 0.2) is 77.1 Å². The average Bonchev–Trinajstić information content (AvgIpc) is 3.07. The zero-order valence-electron chi connectivity index (χ0n) is 15.1. The normalized spacial score (nSPS) is 11.1. The van der Waals surface area contributed by atoms with Crippen LogP contribution in [-0.4, -0.2) is 9.38 Å². The molecule has 0 aliphatic rings. The van der Waals surface area contributed by atoms with Gasteiger partial charge in [0.25, 0.3) is 0 Å². The van der Waals surface area contributed by atoms with E-state index in [1.807, 2.05) is 34.9 Å². The van der Waals surface area contributed by atoms with Crippen LogP contribution in [0.2, 0.25) is 0 Å². The standard InChI is InChI=1S/C22H17N5/c1-15-9-10-18(12-16(15)2)21-22(27-11-4-3-8-20(27)24-21)26-25-19-7-5-6-17(13-19)14-23/h3-13H,1-2H3. The van der Waals surface area contributed by atoms with Crippen LogP contribution in [0.3, 0.4) is 0 Å². The summed E-state index contributed by atoms with van der Waals surface area (Å²) in [7, 11) is 0. The second-order valence-corrected chi connectivity index (χ2v) is 6.37. The van der Waals surface area contributed by atoms with Gasteiger partial charge in [-0.3, -0.25) is 4.40 Å². The third kappa shape index (κ3) is 3.21. The third-order valence-electron chi connectivity index (χ3n) is 4.52. The molecule has 0 aliphatic heterocycles. The Kier molecular flexibility index (Phi) is 4.23. The van der Waals surface area contributed by atoms with Gasteiger partial charge in [0.1, 0.15) is 11.3 Å². The maximum Gasteiger partial charge on any atom is 0.187 e. The Bertz CT molecular complexity index is 1210. The van der Waals surface area contributed by atoms with Crippen molar-refractivity contribution in [2.75, 3.05) is 0 Å². The molecule has 130 valence electrons. The molecule has 27 heavy (non-hydrogen) atoms. The second kappa shape index (κ2) is 6.85. The summed E-state index contributed by atoms with van der Waals surface area (Å²) in [6.07, 6.45) is 1.92. The van der Waals surface area contributed by atoms with Gasteiger partial charge in [-0.05, 0) is 61.4 Å². The van der Waals surface area contributed by atoms with Crippen molar-refractivity contribution in [3.8, 4) is 17.3 Å². The van der Waals surface area contributed by atoms with Crippen molar-refractivity contribution in [3.05, 3.63) is 83.6 Å². The lowest BCUT2D eigenvalue weighted by Gasteiger charge is -2.04. The molecule has 2 heterocycles. The van der Waals surface area contributed by atoms with Crippen molar-refractivity contribution in [1.82, 2.24) is 9.38 Å². The van der Waals surface area contributed by atoms with Crippen molar-refractivity contribution in [3.63, 3.8) is 0 Å². The molecule has 0 radical (unpaired) electrons. The number of nitriles is 1. The van der Waals surface area contributed by atoms with Gasteiger partial charge < -0.3 is 0 Å². The summed E-state index contributed by atoms with van der Waals surface area (Å²) < 4.78 is 1.92. The fourth-order valence-corrected chi connectivity index (χ4v) is 2.90. The van der Waals surface area contributed by atoms with Gasteiger partial charge in [-0.2, -0.15) is 5.26 Å². The maximum atomic E-state index is 9.06. The third-order valence-corrected chi connectivity index (χ3v) is 4.52. The molecule has 2 aromatic carbocycles. The average molecular weight is 351 g/mol. The van der Waals surface area contributed by atoms with Gasteiger partial charge in [-0.25, -0.2) is 4.98 Å². The van der Waals surface area contributed by atoms with E-state index in [1.54, 1.807) is 18.2 Å². The molecule has 5 nitrogen and oxygen atoms in total. The van der Waals surface area contributed by atoms with Crippen molar-refractivity contribution >= 4 is 17.2 Å². The van der Waals surface area contributed by atoms with E-state index in [0.29, 0.717) is 17.1 Å². The number of aromatic nitrogens is 2. The summed E-state index contributed by atoms with van der Waals surface area (Å²) in [6, 6.07) is 21.3. The molecule has 2 aromatic heterocycles. The van der Waals surface area contributed by atoms with E-state index in [-0.39, 0.29) is 0 Å². The topological polar surface area (TPSA) is 65.8 Å². The SMILES string of the molecule is Cc1ccc(-c2nc3ccccn3c2N=Nc2cccc(C#N)c2)cc1C. The van der Waals surface area contributed by atoms with Gasteiger partial charge in [0, 0.05) is 11.8 Å². The molecular formula is C22H17N5.